The number of rotatable bonds is 9. The molecule has 10 heteroatoms. The molecule has 3 aromatic rings. The van der Waals surface area contributed by atoms with E-state index in [9.17, 15) is 4.57 Å². The zero-order valence-corrected chi connectivity index (χ0v) is 22.7. The molecule has 1 saturated heterocycles. The first-order valence-electron chi connectivity index (χ1n) is 11.8. The molecule has 2 heterocycles. The molecule has 7 nitrogen and oxygen atoms in total. The molecule has 1 aliphatic heterocycles. The third-order valence-electron chi connectivity index (χ3n) is 6.12. The van der Waals surface area contributed by atoms with Gasteiger partial charge >= 0.3 is 0 Å². The van der Waals surface area contributed by atoms with Crippen LogP contribution in [0.25, 0.3) is 10.9 Å². The molecular formula is C25H31Cl2N4O3P. The fourth-order valence-corrected chi connectivity index (χ4v) is 5.87. The van der Waals surface area contributed by atoms with Crippen molar-refractivity contribution in [3.8, 4) is 11.5 Å². The quantitative estimate of drug-likeness (QED) is 0.258. The van der Waals surface area contributed by atoms with Gasteiger partial charge in [-0.15, -0.1) is 0 Å². The number of benzene rings is 2. The van der Waals surface area contributed by atoms with Crippen LogP contribution in [0, 0.1) is 0 Å². The van der Waals surface area contributed by atoms with Crippen molar-refractivity contribution < 1.29 is 14.0 Å². The third-order valence-corrected chi connectivity index (χ3v) is 8.23. The van der Waals surface area contributed by atoms with Crippen LogP contribution in [0.5, 0.6) is 11.5 Å². The van der Waals surface area contributed by atoms with E-state index in [2.05, 4.69) is 20.2 Å². The van der Waals surface area contributed by atoms with E-state index in [4.69, 9.17) is 32.7 Å². The molecule has 1 N–H and O–H groups in total. The van der Waals surface area contributed by atoms with Crippen molar-refractivity contribution >= 4 is 58.1 Å². The van der Waals surface area contributed by atoms with Crippen LogP contribution in [-0.2, 0) is 4.57 Å². The van der Waals surface area contributed by atoms with E-state index in [1.807, 2.05) is 12.1 Å². The molecule has 188 valence electrons. The Hall–Kier alpha value is -2.05. The molecule has 0 saturated carbocycles. The Morgan fingerprint density at radius 3 is 2.51 bits per heavy atom. The van der Waals surface area contributed by atoms with Crippen LogP contribution in [0.15, 0.2) is 30.6 Å². The molecular weight excluding hydrogens is 506 g/mol. The minimum atomic E-state index is -2.61. The number of halogens is 2. The van der Waals surface area contributed by atoms with E-state index >= 15 is 0 Å². The molecule has 35 heavy (non-hydrogen) atoms. The van der Waals surface area contributed by atoms with Crippen molar-refractivity contribution in [2.75, 3.05) is 52.0 Å². The summed E-state index contributed by atoms with van der Waals surface area (Å²) < 4.78 is 24.6. The van der Waals surface area contributed by atoms with E-state index in [1.54, 1.807) is 32.6 Å². The van der Waals surface area contributed by atoms with E-state index in [0.717, 1.165) is 31.4 Å². The van der Waals surface area contributed by atoms with Crippen molar-refractivity contribution in [3.63, 3.8) is 0 Å². The van der Waals surface area contributed by atoms with Crippen LogP contribution in [0.1, 0.15) is 25.7 Å². The zero-order chi connectivity index (χ0) is 25.0. The summed E-state index contributed by atoms with van der Waals surface area (Å²) in [6.07, 6.45) is 6.23. The normalized spacial score (nSPS) is 14.8. The predicted octanol–water partition coefficient (Wildman–Crippen LogP) is 6.19. The highest BCUT2D eigenvalue weighted by Gasteiger charge is 2.21. The van der Waals surface area contributed by atoms with Crippen molar-refractivity contribution in [2.45, 2.75) is 25.7 Å². The van der Waals surface area contributed by atoms with Gasteiger partial charge in [0.1, 0.15) is 30.8 Å². The number of hydrogen-bond acceptors (Lipinski definition) is 7. The standard InChI is InChI=1S/C25H31Cl2N4O3P/c1-33-22-14-21(18(26)13-19(22)27)30-25-17-12-23(34-11-7-10-31-8-5-4-6-9-31)24(35(2,3)32)15-20(17)28-16-29-25/h12-16H,4-11H2,1-3H3,(H,28,29,30). The number of likely N-dealkylation sites (tertiary alicyclic amines) is 1. The first kappa shape index (κ1) is 26.0. The number of nitrogens with zero attached hydrogens (tertiary/aromatic N) is 3. The molecule has 4 rings (SSSR count). The lowest BCUT2D eigenvalue weighted by Gasteiger charge is -2.26. The monoisotopic (exact) mass is 536 g/mol. The lowest BCUT2D eigenvalue weighted by molar-refractivity contribution is 0.205. The second kappa shape index (κ2) is 11.3. The van der Waals surface area contributed by atoms with Crippen molar-refractivity contribution in [3.05, 3.63) is 40.6 Å². The topological polar surface area (TPSA) is 76.6 Å². The summed E-state index contributed by atoms with van der Waals surface area (Å²) in [7, 11) is -1.06. The van der Waals surface area contributed by atoms with Crippen LogP contribution >= 0.6 is 30.3 Å². The Balaban J connectivity index is 1.62. The summed E-state index contributed by atoms with van der Waals surface area (Å²) in [5.41, 5.74) is 1.26. The van der Waals surface area contributed by atoms with Gasteiger partial charge in [0.15, 0.2) is 0 Å². The van der Waals surface area contributed by atoms with Crippen molar-refractivity contribution in [1.29, 1.82) is 0 Å². The molecule has 0 spiro atoms. The number of aromatic nitrogens is 2. The van der Waals surface area contributed by atoms with Crippen LogP contribution in [0.2, 0.25) is 10.0 Å². The molecule has 0 radical (unpaired) electrons. The highest BCUT2D eigenvalue weighted by molar-refractivity contribution is 7.70. The molecule has 1 aromatic heterocycles. The van der Waals surface area contributed by atoms with Crippen LogP contribution in [0.3, 0.4) is 0 Å². The van der Waals surface area contributed by atoms with Crippen LogP contribution < -0.4 is 20.1 Å². The van der Waals surface area contributed by atoms with Crippen molar-refractivity contribution in [1.82, 2.24) is 14.9 Å². The minimum absolute atomic E-state index is 0.419. The third kappa shape index (κ3) is 6.39. The molecule has 0 aliphatic carbocycles. The fraction of sp³-hybridized carbons (Fsp3) is 0.440. The van der Waals surface area contributed by atoms with E-state index in [-0.39, 0.29) is 0 Å². The fourth-order valence-electron chi connectivity index (χ4n) is 4.27. The van der Waals surface area contributed by atoms with E-state index < -0.39 is 7.14 Å². The Kier molecular flexibility index (Phi) is 8.43. The number of fused-ring (bicyclic) bond motifs is 1. The predicted molar refractivity (Wildman–Crippen MR) is 145 cm³/mol. The van der Waals surface area contributed by atoms with Gasteiger partial charge in [0.05, 0.1) is 40.3 Å². The van der Waals surface area contributed by atoms with Crippen LogP contribution in [-0.4, -0.2) is 61.5 Å². The van der Waals surface area contributed by atoms with Gasteiger partial charge in [0, 0.05) is 18.0 Å². The Morgan fingerprint density at radius 2 is 1.80 bits per heavy atom. The molecule has 0 atom stereocenters. The minimum Gasteiger partial charge on any atom is -0.495 e. The molecule has 0 amide bonds. The lowest BCUT2D eigenvalue weighted by atomic mass is 10.1. The smallest absolute Gasteiger partial charge is 0.141 e. The maximum atomic E-state index is 13.1. The Morgan fingerprint density at radius 1 is 1.03 bits per heavy atom. The zero-order valence-electron chi connectivity index (χ0n) is 20.3. The first-order valence-corrected chi connectivity index (χ1v) is 15.1. The largest absolute Gasteiger partial charge is 0.495 e. The summed E-state index contributed by atoms with van der Waals surface area (Å²) >= 11 is 12.6. The van der Waals surface area contributed by atoms with Gasteiger partial charge in [0.25, 0.3) is 0 Å². The highest BCUT2D eigenvalue weighted by atomic mass is 35.5. The second-order valence-electron chi connectivity index (χ2n) is 9.11. The van der Waals surface area contributed by atoms with Gasteiger partial charge in [-0.25, -0.2) is 9.97 Å². The number of piperidine rings is 1. The average molecular weight is 537 g/mol. The molecule has 1 fully saturated rings. The SMILES string of the molecule is COc1cc(Nc2ncnc3cc(P(C)(C)=O)c(OCCCN4CCCCC4)cc23)c(Cl)cc1Cl. The summed E-state index contributed by atoms with van der Waals surface area (Å²) in [5, 5.41) is 5.53. The number of hydrogen-bond donors (Lipinski definition) is 1. The summed E-state index contributed by atoms with van der Waals surface area (Å²) in [6.45, 7) is 7.36. The van der Waals surface area contributed by atoms with Gasteiger partial charge in [-0.3, -0.25) is 0 Å². The number of anilines is 2. The van der Waals surface area contributed by atoms with Gasteiger partial charge in [-0.2, -0.15) is 0 Å². The van der Waals surface area contributed by atoms with Gasteiger partial charge in [-0.1, -0.05) is 29.6 Å². The van der Waals surface area contributed by atoms with Gasteiger partial charge in [-0.05, 0) is 63.9 Å². The van der Waals surface area contributed by atoms with E-state index in [0.29, 0.717) is 50.5 Å². The molecule has 0 unspecified atom stereocenters. The van der Waals surface area contributed by atoms with Gasteiger partial charge < -0.3 is 24.3 Å². The molecule has 1 aliphatic rings. The summed E-state index contributed by atoms with van der Waals surface area (Å²) in [5.74, 6) is 1.64. The van der Waals surface area contributed by atoms with Gasteiger partial charge in [0.2, 0.25) is 0 Å². The maximum Gasteiger partial charge on any atom is 0.141 e. The van der Waals surface area contributed by atoms with Crippen LogP contribution in [0.4, 0.5) is 11.5 Å². The molecule has 0 bridgehead atoms. The second-order valence-corrected chi connectivity index (χ2v) is 13.1. The van der Waals surface area contributed by atoms with E-state index in [1.165, 1.54) is 25.6 Å². The van der Waals surface area contributed by atoms with Crippen molar-refractivity contribution in [2.24, 2.45) is 0 Å². The Labute approximate surface area is 216 Å². The molecule has 2 aromatic carbocycles. The number of ether oxygens (including phenoxy) is 2. The number of nitrogens with one attached hydrogen (secondary N) is 1. The lowest BCUT2D eigenvalue weighted by Crippen LogP contribution is -2.31. The average Bonchev–Trinajstić information content (AvgIpc) is 2.83. The highest BCUT2D eigenvalue weighted by Crippen LogP contribution is 2.41. The Bertz CT molecular complexity index is 1250. The number of methoxy groups -OCH3 is 1. The summed E-state index contributed by atoms with van der Waals surface area (Å²) in [6, 6.07) is 7.05. The summed E-state index contributed by atoms with van der Waals surface area (Å²) in [4.78, 5) is 11.3. The maximum absolute atomic E-state index is 13.1. The first-order chi connectivity index (χ1) is 16.8.